The van der Waals surface area contributed by atoms with Crippen molar-refractivity contribution in [3.63, 3.8) is 0 Å². The van der Waals surface area contributed by atoms with E-state index in [2.05, 4.69) is 0 Å². The van der Waals surface area contributed by atoms with E-state index < -0.39 is 6.10 Å². The van der Waals surface area contributed by atoms with Gasteiger partial charge in [0, 0.05) is 25.5 Å². The number of aliphatic hydroxyl groups is 1. The number of carbonyl (C=O) groups excluding carboxylic acids is 1. The van der Waals surface area contributed by atoms with Gasteiger partial charge in [-0.2, -0.15) is 0 Å². The number of rotatable bonds is 5. The molecule has 1 unspecified atom stereocenters. The van der Waals surface area contributed by atoms with Gasteiger partial charge in [0.15, 0.2) is 0 Å². The molecule has 0 bridgehead atoms. The van der Waals surface area contributed by atoms with Crippen LogP contribution in [0.2, 0.25) is 0 Å². The molecule has 0 spiro atoms. The van der Waals surface area contributed by atoms with Gasteiger partial charge in [-0.25, -0.2) is 0 Å². The first kappa shape index (κ1) is 12.8. The Bertz CT molecular complexity index is 341. The molecule has 0 aliphatic rings. The normalized spacial score (nSPS) is 12.5. The van der Waals surface area contributed by atoms with Gasteiger partial charge >= 0.3 is 0 Å². The van der Waals surface area contributed by atoms with Gasteiger partial charge in [-0.3, -0.25) is 4.79 Å². The molecule has 4 heteroatoms. The molecule has 1 aromatic rings. The van der Waals surface area contributed by atoms with Crippen molar-refractivity contribution in [1.29, 1.82) is 0 Å². The van der Waals surface area contributed by atoms with Crippen molar-refractivity contribution in [2.24, 2.45) is 0 Å². The van der Waals surface area contributed by atoms with Crippen molar-refractivity contribution in [2.75, 3.05) is 13.1 Å². The Morgan fingerprint density at radius 2 is 2.12 bits per heavy atom. The third-order valence-electron chi connectivity index (χ3n) is 2.69. The lowest BCUT2D eigenvalue weighted by Gasteiger charge is -2.18. The second kappa shape index (κ2) is 5.70. The Kier molecular flexibility index (Phi) is 4.55. The molecule has 1 heterocycles. The van der Waals surface area contributed by atoms with Gasteiger partial charge in [0.05, 0.1) is 6.10 Å². The fourth-order valence-corrected chi connectivity index (χ4v) is 1.64. The van der Waals surface area contributed by atoms with Crippen LogP contribution in [0.3, 0.4) is 0 Å². The molecule has 0 fully saturated rings. The summed E-state index contributed by atoms with van der Waals surface area (Å²) in [6.07, 6.45) is 3.15. The van der Waals surface area contributed by atoms with Gasteiger partial charge in [-0.05, 0) is 32.4 Å². The number of carbonyl (C=O) groups is 1. The smallest absolute Gasteiger partial charge is 0.242 e. The molecule has 0 saturated heterocycles. The fourth-order valence-electron chi connectivity index (χ4n) is 1.64. The van der Waals surface area contributed by atoms with Gasteiger partial charge in [-0.15, -0.1) is 0 Å². The van der Waals surface area contributed by atoms with Crippen molar-refractivity contribution in [3.05, 3.63) is 24.0 Å². The molecule has 90 valence electrons. The second-order valence-corrected chi connectivity index (χ2v) is 3.86. The molecule has 16 heavy (non-hydrogen) atoms. The zero-order chi connectivity index (χ0) is 12.1. The monoisotopic (exact) mass is 224 g/mol. The molecule has 1 aromatic heterocycles. The van der Waals surface area contributed by atoms with E-state index in [9.17, 15) is 9.90 Å². The third-order valence-corrected chi connectivity index (χ3v) is 2.69. The molecule has 0 saturated carbocycles. The predicted octanol–water partition coefficient (Wildman–Crippen LogP) is 1.41. The van der Waals surface area contributed by atoms with Crippen LogP contribution in [0.25, 0.3) is 0 Å². The Labute approximate surface area is 96.5 Å². The lowest BCUT2D eigenvalue weighted by atomic mass is 10.2. The quantitative estimate of drug-likeness (QED) is 0.822. The molecule has 0 radical (unpaired) electrons. The van der Waals surface area contributed by atoms with E-state index in [1.165, 1.54) is 0 Å². The lowest BCUT2D eigenvalue weighted by molar-refractivity contribution is -0.131. The summed E-state index contributed by atoms with van der Waals surface area (Å²) in [6, 6.07) is 1.83. The zero-order valence-corrected chi connectivity index (χ0v) is 10.2. The SMILES string of the molecule is CCN(CC)C(=O)Cn1ccc(C(C)O)c1. The molecular weight excluding hydrogens is 204 g/mol. The summed E-state index contributed by atoms with van der Waals surface area (Å²) < 4.78 is 1.81. The standard InChI is InChI=1S/C12H20N2O2/c1-4-14(5-2)12(16)9-13-7-6-11(8-13)10(3)15/h6-8,10,15H,4-5,9H2,1-3H3. The van der Waals surface area contributed by atoms with Crippen LogP contribution in [-0.4, -0.2) is 33.6 Å². The molecule has 4 nitrogen and oxygen atoms in total. The molecule has 0 aliphatic carbocycles. The number of likely N-dealkylation sites (N-methyl/N-ethyl adjacent to an activating group) is 1. The third kappa shape index (κ3) is 3.10. The summed E-state index contributed by atoms with van der Waals surface area (Å²) in [5.74, 6) is 0.109. The average Bonchev–Trinajstić information content (AvgIpc) is 2.68. The number of nitrogens with zero attached hydrogens (tertiary/aromatic N) is 2. The van der Waals surface area contributed by atoms with Crippen LogP contribution in [-0.2, 0) is 11.3 Å². The van der Waals surface area contributed by atoms with Gasteiger partial charge in [0.2, 0.25) is 5.91 Å². The molecule has 0 aromatic carbocycles. The second-order valence-electron chi connectivity index (χ2n) is 3.86. The first-order chi connectivity index (χ1) is 7.58. The Morgan fingerprint density at radius 3 is 2.56 bits per heavy atom. The predicted molar refractivity (Wildman–Crippen MR) is 63.0 cm³/mol. The summed E-state index contributed by atoms with van der Waals surface area (Å²) in [7, 11) is 0. The number of hydrogen-bond donors (Lipinski definition) is 1. The molecule has 1 amide bonds. The molecule has 0 aliphatic heterocycles. The maximum absolute atomic E-state index is 11.8. The van der Waals surface area contributed by atoms with E-state index in [1.807, 2.05) is 36.9 Å². The van der Waals surface area contributed by atoms with Crippen LogP contribution in [0.15, 0.2) is 18.5 Å². The summed E-state index contributed by atoms with van der Waals surface area (Å²) >= 11 is 0. The molecule has 1 N–H and O–H groups in total. The molecule has 1 atom stereocenters. The summed E-state index contributed by atoms with van der Waals surface area (Å²) in [5.41, 5.74) is 0.840. The van der Waals surface area contributed by atoms with Gasteiger partial charge in [-0.1, -0.05) is 0 Å². The topological polar surface area (TPSA) is 45.5 Å². The highest BCUT2D eigenvalue weighted by Gasteiger charge is 2.10. The summed E-state index contributed by atoms with van der Waals surface area (Å²) in [4.78, 5) is 13.6. The minimum absolute atomic E-state index is 0.109. The van der Waals surface area contributed by atoms with Gasteiger partial charge in [0.25, 0.3) is 0 Å². The number of amides is 1. The fraction of sp³-hybridized carbons (Fsp3) is 0.583. The van der Waals surface area contributed by atoms with Crippen LogP contribution in [0.5, 0.6) is 0 Å². The van der Waals surface area contributed by atoms with Gasteiger partial charge in [0.1, 0.15) is 6.54 Å². The Balaban J connectivity index is 2.62. The largest absolute Gasteiger partial charge is 0.389 e. The van der Waals surface area contributed by atoms with E-state index in [0.717, 1.165) is 18.7 Å². The zero-order valence-electron chi connectivity index (χ0n) is 10.2. The summed E-state index contributed by atoms with van der Waals surface area (Å²) in [6.45, 7) is 7.47. The van der Waals surface area contributed by atoms with Crippen LogP contribution >= 0.6 is 0 Å². The first-order valence-electron chi connectivity index (χ1n) is 5.70. The number of aliphatic hydroxyl groups excluding tert-OH is 1. The van der Waals surface area contributed by atoms with Crippen LogP contribution < -0.4 is 0 Å². The first-order valence-corrected chi connectivity index (χ1v) is 5.70. The van der Waals surface area contributed by atoms with E-state index >= 15 is 0 Å². The van der Waals surface area contributed by atoms with E-state index in [-0.39, 0.29) is 5.91 Å². The van der Waals surface area contributed by atoms with Gasteiger partial charge < -0.3 is 14.6 Å². The minimum Gasteiger partial charge on any atom is -0.389 e. The highest BCUT2D eigenvalue weighted by molar-refractivity contribution is 5.75. The van der Waals surface area contributed by atoms with Crippen LogP contribution in [0, 0.1) is 0 Å². The van der Waals surface area contributed by atoms with Crippen molar-refractivity contribution >= 4 is 5.91 Å². The Morgan fingerprint density at radius 1 is 1.50 bits per heavy atom. The molecular formula is C12H20N2O2. The number of hydrogen-bond acceptors (Lipinski definition) is 2. The van der Waals surface area contributed by atoms with Crippen molar-refractivity contribution in [3.8, 4) is 0 Å². The Hall–Kier alpha value is -1.29. The maximum atomic E-state index is 11.8. The van der Waals surface area contributed by atoms with Crippen LogP contribution in [0.1, 0.15) is 32.4 Å². The maximum Gasteiger partial charge on any atom is 0.242 e. The molecule has 1 rings (SSSR count). The van der Waals surface area contributed by atoms with Crippen molar-refractivity contribution in [2.45, 2.75) is 33.4 Å². The van der Waals surface area contributed by atoms with Crippen molar-refractivity contribution in [1.82, 2.24) is 9.47 Å². The van der Waals surface area contributed by atoms with Crippen molar-refractivity contribution < 1.29 is 9.90 Å². The summed E-state index contributed by atoms with van der Waals surface area (Å²) in [5, 5.41) is 9.36. The minimum atomic E-state index is -0.482. The highest BCUT2D eigenvalue weighted by atomic mass is 16.3. The number of aromatic nitrogens is 1. The van der Waals surface area contributed by atoms with E-state index in [4.69, 9.17) is 0 Å². The van der Waals surface area contributed by atoms with Crippen LogP contribution in [0.4, 0.5) is 0 Å². The highest BCUT2D eigenvalue weighted by Crippen LogP contribution is 2.11. The van der Waals surface area contributed by atoms with E-state index in [1.54, 1.807) is 11.8 Å². The average molecular weight is 224 g/mol. The van der Waals surface area contributed by atoms with E-state index in [0.29, 0.717) is 6.54 Å². The lowest BCUT2D eigenvalue weighted by Crippen LogP contribution is -2.33.